The Morgan fingerprint density at radius 3 is 2.44 bits per heavy atom. The van der Waals surface area contributed by atoms with E-state index in [1.807, 2.05) is 13.8 Å². The zero-order chi connectivity index (χ0) is 28.7. The van der Waals surface area contributed by atoms with Gasteiger partial charge in [0.25, 0.3) is 5.91 Å². The normalized spacial score (nSPS) is 15.1. The summed E-state index contributed by atoms with van der Waals surface area (Å²) in [4.78, 5) is 35.9. The van der Waals surface area contributed by atoms with E-state index >= 15 is 0 Å². The van der Waals surface area contributed by atoms with E-state index in [4.69, 9.17) is 16.2 Å². The number of carbonyl (C=O) groups is 3. The molecule has 12 heteroatoms. The van der Waals surface area contributed by atoms with Gasteiger partial charge in [0, 0.05) is 11.4 Å². The molecule has 1 aromatic carbocycles. The largest absolute Gasteiger partial charge is 0.461 e. The van der Waals surface area contributed by atoms with E-state index in [9.17, 15) is 27.6 Å². The number of amides is 3. The number of hydrogen-bond acceptors (Lipinski definition) is 6. The summed E-state index contributed by atoms with van der Waals surface area (Å²) in [7, 11) is 0. The van der Waals surface area contributed by atoms with E-state index < -0.39 is 29.7 Å². The summed E-state index contributed by atoms with van der Waals surface area (Å²) in [5.41, 5.74) is 9.63. The van der Waals surface area contributed by atoms with Crippen molar-refractivity contribution in [1.82, 2.24) is 5.32 Å². The quantitative estimate of drug-likeness (QED) is 0.265. The summed E-state index contributed by atoms with van der Waals surface area (Å²) >= 11 is 0.886. The second kappa shape index (κ2) is 13.1. The second-order valence-electron chi connectivity index (χ2n) is 9.84. The summed E-state index contributed by atoms with van der Waals surface area (Å²) < 4.78 is 47.5. The number of alkyl halides is 3. The maximum atomic E-state index is 14.0. The number of hydrogen-bond donors (Lipinski definition) is 4. The van der Waals surface area contributed by atoms with Gasteiger partial charge in [0.05, 0.1) is 11.1 Å². The Morgan fingerprint density at radius 1 is 1.15 bits per heavy atom. The van der Waals surface area contributed by atoms with Crippen LogP contribution in [0.4, 0.5) is 23.0 Å². The maximum absolute atomic E-state index is 14.0. The summed E-state index contributed by atoms with van der Waals surface area (Å²) in [5.74, 6) is -0.967. The predicted molar refractivity (Wildman–Crippen MR) is 145 cm³/mol. The smallest absolute Gasteiger partial charge is 0.417 e. The number of carbonyl (C=O) groups excluding carboxylic acids is 3. The van der Waals surface area contributed by atoms with Crippen molar-refractivity contribution in [1.29, 1.82) is 0 Å². The number of urea groups is 1. The molecule has 0 spiro atoms. The molecular formula is C27H33F3N4O4S. The summed E-state index contributed by atoms with van der Waals surface area (Å²) in [6.07, 6.45) is 2.48. The lowest BCUT2D eigenvalue weighted by atomic mass is 10.0. The summed E-state index contributed by atoms with van der Waals surface area (Å²) in [6, 6.07) is 3.59. The SMILES string of the molecule is CC(C)C[C@H](NCC=Cc1ccc(-c2cc(C(N)=O)c(NC(N)=O)s2)cc1C(F)(F)F)C(=O)OC1CCCC1. The van der Waals surface area contributed by atoms with E-state index in [2.05, 4.69) is 10.6 Å². The van der Waals surface area contributed by atoms with E-state index in [0.717, 1.165) is 43.1 Å². The summed E-state index contributed by atoms with van der Waals surface area (Å²) in [5, 5.41) is 5.42. The lowest BCUT2D eigenvalue weighted by molar-refractivity contribution is -0.151. The molecule has 1 atom stereocenters. The predicted octanol–water partition coefficient (Wildman–Crippen LogP) is 5.53. The minimum absolute atomic E-state index is 0.0519. The number of halogens is 3. The van der Waals surface area contributed by atoms with Crippen molar-refractivity contribution < 1.29 is 32.3 Å². The average molecular weight is 567 g/mol. The van der Waals surface area contributed by atoms with Crippen LogP contribution in [0.3, 0.4) is 0 Å². The average Bonchev–Trinajstić information content (AvgIpc) is 3.50. The maximum Gasteiger partial charge on any atom is 0.417 e. The van der Waals surface area contributed by atoms with Crippen molar-refractivity contribution in [2.24, 2.45) is 17.4 Å². The standard InChI is InChI=1S/C27H33F3N4O4S/c1-15(2)12-21(25(36)38-18-7-3-4-8-18)33-11-5-6-16-9-10-17(13-20(16)27(28,29)30)22-14-19(23(31)35)24(39-22)34-26(32)37/h5-6,9-10,13-15,18,21,33H,3-4,7-8,11-12H2,1-2H3,(H2,31,35)(H3,32,34,37)/t21-/m0/s1. The molecule has 0 unspecified atom stereocenters. The molecule has 8 nitrogen and oxygen atoms in total. The van der Waals surface area contributed by atoms with Gasteiger partial charge in [-0.2, -0.15) is 13.2 Å². The van der Waals surface area contributed by atoms with Crippen LogP contribution in [-0.4, -0.2) is 36.6 Å². The fourth-order valence-corrected chi connectivity index (χ4v) is 5.47. The third-order valence-electron chi connectivity index (χ3n) is 6.23. The molecule has 0 saturated heterocycles. The fourth-order valence-electron chi connectivity index (χ4n) is 4.40. The molecule has 0 aliphatic heterocycles. The van der Waals surface area contributed by atoms with Gasteiger partial charge in [-0.25, -0.2) is 4.79 Å². The van der Waals surface area contributed by atoms with Gasteiger partial charge in [0.1, 0.15) is 17.1 Å². The minimum Gasteiger partial charge on any atom is -0.461 e. The number of anilines is 1. The number of thiophene rings is 1. The van der Waals surface area contributed by atoms with E-state index in [1.165, 1.54) is 30.4 Å². The highest BCUT2D eigenvalue weighted by Crippen LogP contribution is 2.39. The molecule has 3 amide bonds. The van der Waals surface area contributed by atoms with Crippen LogP contribution in [0.5, 0.6) is 0 Å². The van der Waals surface area contributed by atoms with Crippen LogP contribution in [-0.2, 0) is 15.7 Å². The van der Waals surface area contributed by atoms with E-state index in [0.29, 0.717) is 11.3 Å². The third kappa shape index (κ3) is 8.56. The van der Waals surface area contributed by atoms with Crippen molar-refractivity contribution in [2.45, 2.75) is 64.3 Å². The van der Waals surface area contributed by atoms with Gasteiger partial charge >= 0.3 is 18.2 Å². The monoisotopic (exact) mass is 566 g/mol. The molecule has 0 bridgehead atoms. The first kappa shape index (κ1) is 30.2. The Hall–Kier alpha value is -3.38. The van der Waals surface area contributed by atoms with Crippen molar-refractivity contribution in [3.05, 3.63) is 47.0 Å². The first-order chi connectivity index (χ1) is 18.3. The van der Waals surface area contributed by atoms with Crippen LogP contribution in [0, 0.1) is 5.92 Å². The molecule has 3 rings (SSSR count). The molecule has 1 fully saturated rings. The third-order valence-corrected chi connectivity index (χ3v) is 7.33. The molecule has 1 aromatic heterocycles. The van der Waals surface area contributed by atoms with Gasteiger partial charge in [-0.05, 0) is 61.3 Å². The number of ether oxygens (including phenoxy) is 1. The second-order valence-corrected chi connectivity index (χ2v) is 10.9. The van der Waals surface area contributed by atoms with Crippen LogP contribution in [0.2, 0.25) is 0 Å². The van der Waals surface area contributed by atoms with Gasteiger partial charge in [-0.15, -0.1) is 11.3 Å². The molecule has 1 saturated carbocycles. The van der Waals surface area contributed by atoms with Crippen LogP contribution in [0.15, 0.2) is 30.3 Å². The van der Waals surface area contributed by atoms with Gasteiger partial charge < -0.3 is 21.5 Å². The molecule has 39 heavy (non-hydrogen) atoms. The van der Waals surface area contributed by atoms with Gasteiger partial charge in [0.15, 0.2) is 0 Å². The fraction of sp³-hybridized carbons (Fsp3) is 0.444. The Bertz CT molecular complexity index is 1220. The number of nitrogens with two attached hydrogens (primary N) is 2. The Balaban J connectivity index is 1.78. The van der Waals surface area contributed by atoms with Crippen LogP contribution in [0.1, 0.15) is 67.4 Å². The molecule has 1 heterocycles. The van der Waals surface area contributed by atoms with Gasteiger partial charge in [0.2, 0.25) is 0 Å². The zero-order valence-corrected chi connectivity index (χ0v) is 22.6. The van der Waals surface area contributed by atoms with E-state index in [1.54, 1.807) is 0 Å². The van der Waals surface area contributed by atoms with Gasteiger partial charge in [-0.1, -0.05) is 38.1 Å². The molecule has 212 valence electrons. The van der Waals surface area contributed by atoms with Crippen molar-refractivity contribution in [3.8, 4) is 10.4 Å². The Kier molecular flexibility index (Phi) is 10.1. The molecule has 1 aliphatic rings. The number of rotatable bonds is 11. The van der Waals surface area contributed by atoms with Crippen LogP contribution in [0.25, 0.3) is 16.5 Å². The molecule has 0 radical (unpaired) electrons. The van der Waals surface area contributed by atoms with Crippen molar-refractivity contribution >= 4 is 40.3 Å². The van der Waals surface area contributed by atoms with Crippen molar-refractivity contribution in [3.63, 3.8) is 0 Å². The first-order valence-corrected chi connectivity index (χ1v) is 13.5. The first-order valence-electron chi connectivity index (χ1n) is 12.7. The summed E-state index contributed by atoms with van der Waals surface area (Å²) in [6.45, 7) is 4.14. The Morgan fingerprint density at radius 2 is 1.85 bits per heavy atom. The van der Waals surface area contributed by atoms with Crippen LogP contribution >= 0.6 is 11.3 Å². The highest BCUT2D eigenvalue weighted by atomic mass is 32.1. The molecule has 1 aliphatic carbocycles. The number of nitrogens with one attached hydrogen (secondary N) is 2. The Labute approximate surface area is 229 Å². The topological polar surface area (TPSA) is 137 Å². The molecule has 2 aromatic rings. The highest BCUT2D eigenvalue weighted by molar-refractivity contribution is 7.20. The lowest BCUT2D eigenvalue weighted by Gasteiger charge is -2.21. The molecular weight excluding hydrogens is 533 g/mol. The zero-order valence-electron chi connectivity index (χ0n) is 21.8. The molecule has 6 N–H and O–H groups in total. The number of esters is 1. The van der Waals surface area contributed by atoms with E-state index in [-0.39, 0.29) is 46.2 Å². The van der Waals surface area contributed by atoms with Crippen molar-refractivity contribution in [2.75, 3.05) is 11.9 Å². The number of primary amides is 2. The highest BCUT2D eigenvalue weighted by Gasteiger charge is 2.33. The van der Waals surface area contributed by atoms with Crippen LogP contribution < -0.4 is 22.1 Å². The minimum atomic E-state index is -4.66. The number of benzene rings is 1. The van der Waals surface area contributed by atoms with Gasteiger partial charge in [-0.3, -0.25) is 14.9 Å². The lowest BCUT2D eigenvalue weighted by Crippen LogP contribution is -2.40.